The molecule has 1 saturated carbocycles. The third-order valence-electron chi connectivity index (χ3n) is 4.48. The summed E-state index contributed by atoms with van der Waals surface area (Å²) in [6, 6.07) is 6.71. The van der Waals surface area contributed by atoms with Gasteiger partial charge in [0, 0.05) is 11.6 Å². The second kappa shape index (κ2) is 6.57. The molecule has 1 aliphatic carbocycles. The van der Waals surface area contributed by atoms with Gasteiger partial charge in [-0.25, -0.2) is 10.1 Å². The second-order valence-corrected chi connectivity index (χ2v) is 6.27. The molecule has 25 heavy (non-hydrogen) atoms. The molecule has 4 N–H and O–H groups in total. The predicted molar refractivity (Wildman–Crippen MR) is 86.0 cm³/mol. The van der Waals surface area contributed by atoms with Crippen molar-refractivity contribution in [2.24, 2.45) is 5.92 Å². The fourth-order valence-corrected chi connectivity index (χ4v) is 2.88. The molecule has 1 aliphatic heterocycles. The summed E-state index contributed by atoms with van der Waals surface area (Å²) in [7, 11) is 0. The van der Waals surface area contributed by atoms with Crippen LogP contribution in [0.5, 0.6) is 0 Å². The van der Waals surface area contributed by atoms with Crippen molar-refractivity contribution in [2.45, 2.75) is 31.3 Å². The zero-order valence-electron chi connectivity index (χ0n) is 13.3. The van der Waals surface area contributed by atoms with E-state index >= 15 is 0 Å². The summed E-state index contributed by atoms with van der Waals surface area (Å²) in [5, 5.41) is 10.9. The number of carbonyl (C=O) groups excluding carboxylic acids is 2. The fraction of sp³-hybridized carbons (Fsp3) is 0.400. The summed E-state index contributed by atoms with van der Waals surface area (Å²) < 4.78 is 1.48. The van der Waals surface area contributed by atoms with Crippen LogP contribution in [-0.4, -0.2) is 44.1 Å². The Morgan fingerprint density at radius 2 is 1.92 bits per heavy atom. The molecule has 10 heteroatoms. The minimum Gasteiger partial charge on any atom is -0.271 e. The summed E-state index contributed by atoms with van der Waals surface area (Å²) in [5.41, 5.74) is 12.2. The Balaban J connectivity index is 1.29. The molecule has 1 aromatic heterocycles. The third kappa shape index (κ3) is 3.49. The van der Waals surface area contributed by atoms with E-state index < -0.39 is 0 Å². The Hall–Kier alpha value is -2.85. The molecular formula is C15H18N8O2. The van der Waals surface area contributed by atoms with E-state index in [1.807, 2.05) is 0 Å². The molecule has 1 saturated heterocycles. The minimum atomic E-state index is -0.388. The summed E-state index contributed by atoms with van der Waals surface area (Å²) in [4.78, 5) is 24.3. The molecule has 1 aromatic carbocycles. The molecular weight excluding hydrogens is 324 g/mol. The highest BCUT2D eigenvalue weighted by Crippen LogP contribution is 2.35. The number of nitrogens with one attached hydrogen (secondary N) is 4. The van der Waals surface area contributed by atoms with E-state index in [2.05, 4.69) is 37.2 Å². The number of hydrogen-bond donors (Lipinski definition) is 4. The molecule has 0 bridgehead atoms. The van der Waals surface area contributed by atoms with Crippen molar-refractivity contribution < 1.29 is 9.59 Å². The predicted octanol–water partition coefficient (Wildman–Crippen LogP) is -0.932. The molecule has 2 heterocycles. The normalized spacial score (nSPS) is 22.6. The van der Waals surface area contributed by atoms with Crippen molar-refractivity contribution in [1.29, 1.82) is 0 Å². The Morgan fingerprint density at radius 1 is 1.12 bits per heavy atom. The smallest absolute Gasteiger partial charge is 0.269 e. The van der Waals surface area contributed by atoms with E-state index in [1.54, 1.807) is 24.3 Å². The van der Waals surface area contributed by atoms with Gasteiger partial charge in [-0.15, -0.1) is 5.10 Å². The van der Waals surface area contributed by atoms with Gasteiger partial charge in [0.1, 0.15) is 12.4 Å². The largest absolute Gasteiger partial charge is 0.271 e. The lowest BCUT2D eigenvalue weighted by Crippen LogP contribution is -2.50. The van der Waals surface area contributed by atoms with Crippen LogP contribution in [0.25, 0.3) is 5.69 Å². The van der Waals surface area contributed by atoms with E-state index in [0.717, 1.165) is 12.1 Å². The van der Waals surface area contributed by atoms with Crippen molar-refractivity contribution in [3.05, 3.63) is 36.2 Å². The van der Waals surface area contributed by atoms with Gasteiger partial charge < -0.3 is 0 Å². The molecule has 2 fully saturated rings. The molecule has 0 spiro atoms. The first-order valence-electron chi connectivity index (χ1n) is 8.15. The molecule has 10 nitrogen and oxygen atoms in total. The zero-order valence-corrected chi connectivity index (χ0v) is 13.3. The highest BCUT2D eigenvalue weighted by molar-refractivity contribution is 5.96. The average Bonchev–Trinajstić information content (AvgIpc) is 3.14. The summed E-state index contributed by atoms with van der Waals surface area (Å²) in [6.45, 7) is 0. The van der Waals surface area contributed by atoms with Crippen LogP contribution in [-0.2, 0) is 4.79 Å². The summed E-state index contributed by atoms with van der Waals surface area (Å²) >= 11 is 0. The highest BCUT2D eigenvalue weighted by atomic mass is 16.2. The Kier molecular flexibility index (Phi) is 4.12. The molecule has 2 atom stereocenters. The van der Waals surface area contributed by atoms with Crippen molar-refractivity contribution in [1.82, 2.24) is 41.9 Å². The number of aromatic nitrogens is 4. The zero-order chi connectivity index (χ0) is 17.2. The van der Waals surface area contributed by atoms with Crippen molar-refractivity contribution in [2.75, 3.05) is 0 Å². The van der Waals surface area contributed by atoms with Gasteiger partial charge >= 0.3 is 0 Å². The molecule has 0 radical (unpaired) electrons. The minimum absolute atomic E-state index is 0.255. The molecule has 2 aliphatic rings. The molecule has 2 unspecified atom stereocenters. The fourth-order valence-electron chi connectivity index (χ4n) is 2.88. The number of rotatable bonds is 4. The number of amides is 2. The monoisotopic (exact) mass is 342 g/mol. The summed E-state index contributed by atoms with van der Waals surface area (Å²) in [6.07, 6.45) is 4.62. The van der Waals surface area contributed by atoms with Crippen LogP contribution in [0, 0.1) is 5.92 Å². The summed E-state index contributed by atoms with van der Waals surface area (Å²) in [5.74, 6) is 0.0224. The van der Waals surface area contributed by atoms with Gasteiger partial charge in [0.25, 0.3) is 11.8 Å². The second-order valence-electron chi connectivity index (χ2n) is 6.27. The van der Waals surface area contributed by atoms with E-state index in [1.165, 1.54) is 23.9 Å². The van der Waals surface area contributed by atoms with Gasteiger partial charge in [-0.2, -0.15) is 0 Å². The van der Waals surface area contributed by atoms with Crippen LogP contribution in [0.15, 0.2) is 30.6 Å². The molecule has 2 aromatic rings. The van der Waals surface area contributed by atoms with E-state index in [-0.39, 0.29) is 17.9 Å². The van der Waals surface area contributed by atoms with Crippen LogP contribution in [0.3, 0.4) is 0 Å². The Bertz CT molecular complexity index is 756. The number of tetrazole rings is 1. The van der Waals surface area contributed by atoms with Crippen molar-refractivity contribution in [3.8, 4) is 5.69 Å². The van der Waals surface area contributed by atoms with Gasteiger partial charge in [-0.3, -0.25) is 25.9 Å². The standard InChI is InChI=1S/C15H18N8O2/c24-14(10-3-5-11(6-4-10)23-8-16-21-22-23)19-20-15(25)13-7-12(17-18-13)9-1-2-9/h3-6,8-9,12-13,17-18H,1-2,7H2,(H,19,24)(H,20,25). The van der Waals surface area contributed by atoms with Gasteiger partial charge in [0.05, 0.1) is 5.69 Å². The van der Waals surface area contributed by atoms with Gasteiger partial charge in [-0.05, 0) is 59.9 Å². The first-order chi connectivity index (χ1) is 12.2. The Morgan fingerprint density at radius 3 is 2.60 bits per heavy atom. The van der Waals surface area contributed by atoms with Gasteiger partial charge in [-0.1, -0.05) is 0 Å². The lowest BCUT2D eigenvalue weighted by molar-refractivity contribution is -0.123. The highest BCUT2D eigenvalue weighted by Gasteiger charge is 2.38. The van der Waals surface area contributed by atoms with E-state index in [9.17, 15) is 9.59 Å². The number of carbonyl (C=O) groups is 2. The number of hydrogen-bond acceptors (Lipinski definition) is 7. The van der Waals surface area contributed by atoms with E-state index in [4.69, 9.17) is 0 Å². The van der Waals surface area contributed by atoms with Crippen molar-refractivity contribution in [3.63, 3.8) is 0 Å². The average molecular weight is 342 g/mol. The molecule has 4 rings (SSSR count). The lowest BCUT2D eigenvalue weighted by Gasteiger charge is -2.11. The quantitative estimate of drug-likeness (QED) is 0.529. The van der Waals surface area contributed by atoms with Crippen molar-refractivity contribution >= 4 is 11.8 Å². The van der Waals surface area contributed by atoms with Crippen LogP contribution in [0.1, 0.15) is 29.6 Å². The Labute approximate surface area is 143 Å². The number of benzene rings is 1. The van der Waals surface area contributed by atoms with Crippen LogP contribution in [0.4, 0.5) is 0 Å². The first-order valence-corrected chi connectivity index (χ1v) is 8.15. The van der Waals surface area contributed by atoms with Crippen LogP contribution < -0.4 is 21.7 Å². The maximum Gasteiger partial charge on any atom is 0.269 e. The number of nitrogens with zero attached hydrogens (tertiary/aromatic N) is 4. The maximum absolute atomic E-state index is 12.1. The lowest BCUT2D eigenvalue weighted by atomic mass is 10.1. The third-order valence-corrected chi connectivity index (χ3v) is 4.48. The first kappa shape index (κ1) is 15.7. The van der Waals surface area contributed by atoms with Crippen LogP contribution in [0.2, 0.25) is 0 Å². The van der Waals surface area contributed by atoms with Gasteiger partial charge in [0.2, 0.25) is 0 Å². The van der Waals surface area contributed by atoms with E-state index in [0.29, 0.717) is 17.5 Å². The van der Waals surface area contributed by atoms with Gasteiger partial charge in [0.15, 0.2) is 0 Å². The molecule has 2 amide bonds. The SMILES string of the molecule is O=C(NNC(=O)C1CC(C2CC2)NN1)c1ccc(-n2cnnn2)cc1. The maximum atomic E-state index is 12.1. The number of hydrazine groups is 2. The topological polar surface area (TPSA) is 126 Å². The van der Waals surface area contributed by atoms with Crippen LogP contribution >= 0.6 is 0 Å². The molecule has 130 valence electrons.